The molecule has 2 atom stereocenters. The molecule has 4 rings (SSSR count). The number of aliphatic hydroxyl groups excluding tert-OH is 1. The molecule has 3 aromatic carbocycles. The van der Waals surface area contributed by atoms with Crippen LogP contribution in [0.3, 0.4) is 0 Å². The number of carbonyl (C=O) groups excluding carboxylic acids is 1. The second-order valence-electron chi connectivity index (χ2n) is 9.14. The van der Waals surface area contributed by atoms with Crippen LogP contribution in [0.25, 0.3) is 5.32 Å². The fourth-order valence-corrected chi connectivity index (χ4v) is 4.35. The summed E-state index contributed by atoms with van der Waals surface area (Å²) in [6.45, 7) is 2.20. The Kier molecular flexibility index (Phi) is 9.75. The van der Waals surface area contributed by atoms with Gasteiger partial charge in [-0.05, 0) is 37.4 Å². The van der Waals surface area contributed by atoms with E-state index in [4.69, 9.17) is 0 Å². The molecule has 0 saturated carbocycles. The quantitative estimate of drug-likeness (QED) is 0.305. The molecular formula is C29H30N3NiO4+. The molecule has 3 aromatic rings. The van der Waals surface area contributed by atoms with Gasteiger partial charge in [0, 0.05) is 12.1 Å². The second kappa shape index (κ2) is 12.8. The Hall–Kier alpha value is -3.32. The van der Waals surface area contributed by atoms with E-state index >= 15 is 0 Å². The van der Waals surface area contributed by atoms with Crippen LogP contribution >= 0.6 is 0 Å². The van der Waals surface area contributed by atoms with Crippen molar-refractivity contribution in [3.05, 3.63) is 107 Å². The fourth-order valence-electron chi connectivity index (χ4n) is 4.35. The van der Waals surface area contributed by atoms with Gasteiger partial charge in [0.2, 0.25) is 0 Å². The summed E-state index contributed by atoms with van der Waals surface area (Å²) in [5.74, 6) is -1.47. The van der Waals surface area contributed by atoms with Crippen molar-refractivity contribution in [1.82, 2.24) is 4.90 Å². The van der Waals surface area contributed by atoms with Crippen molar-refractivity contribution in [1.29, 1.82) is 0 Å². The summed E-state index contributed by atoms with van der Waals surface area (Å²) in [5.41, 5.74) is 1.37. The Labute approximate surface area is 227 Å². The average Bonchev–Trinajstić information content (AvgIpc) is 3.37. The first-order valence-electron chi connectivity index (χ1n) is 12.0. The van der Waals surface area contributed by atoms with Crippen molar-refractivity contribution in [2.45, 2.75) is 37.9 Å². The molecule has 0 bridgehead atoms. The Bertz CT molecular complexity index is 1240. The van der Waals surface area contributed by atoms with E-state index in [0.717, 1.165) is 24.9 Å². The molecule has 0 aliphatic carbocycles. The number of para-hydroxylation sites is 1. The zero-order valence-electron chi connectivity index (χ0n) is 20.6. The number of carbonyl (C=O) groups is 2. The summed E-state index contributed by atoms with van der Waals surface area (Å²) in [6, 6.07) is 26.0. The molecule has 0 radical (unpaired) electrons. The van der Waals surface area contributed by atoms with Gasteiger partial charge >= 0.3 is 22.5 Å². The van der Waals surface area contributed by atoms with Crippen LogP contribution in [0, 0.1) is 0 Å². The van der Waals surface area contributed by atoms with Gasteiger partial charge in [0.25, 0.3) is 0 Å². The van der Waals surface area contributed by atoms with Gasteiger partial charge in [-0.25, -0.2) is 4.79 Å². The maximum Gasteiger partial charge on any atom is 2.00 e. The number of rotatable bonds is 9. The number of benzene rings is 3. The number of carboxylic acids is 1. The smallest absolute Gasteiger partial charge is 0.625 e. The Morgan fingerprint density at radius 3 is 2.27 bits per heavy atom. The standard InChI is InChI=1S/C29H31N3O4.Ni/c1-29(20-33,28(35)36)31-26(22-13-6-3-7-14-22)23-15-8-9-16-24(23)30-27(34)25-17-10-18-32(25)19-21-11-4-2-5-12-21;/h2-9,11-16,25,33H,10,17-20H2,1H3,(H2,30,31,34,35,36);/q;+2/p-1/t25?,29-;/m0./s1. The number of carboxylic acid groups (broad SMARTS) is 1. The summed E-state index contributed by atoms with van der Waals surface area (Å²) >= 11 is 0. The van der Waals surface area contributed by atoms with Crippen molar-refractivity contribution in [3.8, 4) is 0 Å². The van der Waals surface area contributed by atoms with E-state index in [9.17, 15) is 19.8 Å². The molecule has 1 fully saturated rings. The van der Waals surface area contributed by atoms with Crippen molar-refractivity contribution in [2.24, 2.45) is 4.99 Å². The third-order valence-corrected chi connectivity index (χ3v) is 6.44. The number of hydrogen-bond donors (Lipinski definition) is 2. The van der Waals surface area contributed by atoms with Crippen LogP contribution in [0.15, 0.2) is 89.9 Å². The van der Waals surface area contributed by atoms with Crippen LogP contribution in [0.1, 0.15) is 36.5 Å². The van der Waals surface area contributed by atoms with Crippen molar-refractivity contribution >= 4 is 23.3 Å². The Morgan fingerprint density at radius 1 is 1.00 bits per heavy atom. The molecule has 1 amide bonds. The van der Waals surface area contributed by atoms with Crippen LogP contribution in [-0.4, -0.2) is 57.4 Å². The van der Waals surface area contributed by atoms with Crippen LogP contribution in [0.2, 0.25) is 0 Å². The predicted molar refractivity (Wildman–Crippen MR) is 140 cm³/mol. The monoisotopic (exact) mass is 542 g/mol. The van der Waals surface area contributed by atoms with Crippen LogP contribution < -0.4 is 0 Å². The number of aliphatic hydroxyl groups is 1. The number of aliphatic carboxylic acids is 1. The van der Waals surface area contributed by atoms with Gasteiger partial charge in [-0.15, -0.1) is 5.69 Å². The van der Waals surface area contributed by atoms with E-state index in [2.05, 4.69) is 27.3 Å². The third-order valence-electron chi connectivity index (χ3n) is 6.44. The number of hydrogen-bond acceptors (Lipinski definition) is 5. The van der Waals surface area contributed by atoms with Crippen molar-refractivity contribution in [3.63, 3.8) is 0 Å². The molecule has 194 valence electrons. The minimum absolute atomic E-state index is 0. The SMILES string of the molecule is C[C@@](CO)(N=C(c1ccccc1)c1ccccc1[N-]C(=O)C1CCCN1Cc1ccccc1)C(=O)O.[Ni+2]. The largest absolute Gasteiger partial charge is 2.00 e. The van der Waals surface area contributed by atoms with Crippen LogP contribution in [-0.2, 0) is 32.6 Å². The topological polar surface area (TPSA) is 104 Å². The van der Waals surface area contributed by atoms with Gasteiger partial charge in [0.15, 0.2) is 5.54 Å². The van der Waals surface area contributed by atoms with E-state index in [1.54, 1.807) is 24.3 Å². The first-order valence-corrected chi connectivity index (χ1v) is 12.0. The predicted octanol–water partition coefficient (Wildman–Crippen LogP) is 4.55. The summed E-state index contributed by atoms with van der Waals surface area (Å²) < 4.78 is 0. The van der Waals surface area contributed by atoms with E-state index in [1.807, 2.05) is 48.5 Å². The van der Waals surface area contributed by atoms with Crippen molar-refractivity contribution < 1.29 is 36.3 Å². The van der Waals surface area contributed by atoms with Crippen molar-refractivity contribution in [2.75, 3.05) is 13.2 Å². The van der Waals surface area contributed by atoms with Gasteiger partial charge in [0.1, 0.15) is 0 Å². The summed E-state index contributed by atoms with van der Waals surface area (Å²) in [4.78, 5) is 32.0. The van der Waals surface area contributed by atoms with E-state index in [-0.39, 0.29) is 28.4 Å². The third kappa shape index (κ3) is 6.72. The van der Waals surface area contributed by atoms with Gasteiger partial charge in [-0.3, -0.25) is 9.89 Å². The van der Waals surface area contributed by atoms with E-state index < -0.39 is 18.1 Å². The minimum Gasteiger partial charge on any atom is -0.625 e. The van der Waals surface area contributed by atoms with Crippen LogP contribution in [0.5, 0.6) is 0 Å². The van der Waals surface area contributed by atoms with Crippen LogP contribution in [0.4, 0.5) is 5.69 Å². The maximum atomic E-state index is 13.4. The molecule has 8 heteroatoms. The molecule has 0 spiro atoms. The molecular weight excluding hydrogens is 513 g/mol. The molecule has 0 aromatic heterocycles. The molecule has 1 unspecified atom stereocenters. The van der Waals surface area contributed by atoms with E-state index in [0.29, 0.717) is 29.1 Å². The molecule has 1 saturated heterocycles. The zero-order chi connectivity index (χ0) is 25.5. The van der Waals surface area contributed by atoms with Gasteiger partial charge < -0.3 is 20.3 Å². The molecule has 2 N–H and O–H groups in total. The first-order chi connectivity index (χ1) is 17.4. The molecule has 1 aliphatic rings. The van der Waals surface area contributed by atoms with E-state index in [1.165, 1.54) is 6.92 Å². The molecule has 1 aliphatic heterocycles. The molecule has 7 nitrogen and oxygen atoms in total. The maximum absolute atomic E-state index is 13.4. The molecule has 37 heavy (non-hydrogen) atoms. The number of nitrogens with zero attached hydrogens (tertiary/aromatic N) is 3. The fraction of sp³-hybridized carbons (Fsp3) is 0.276. The summed E-state index contributed by atoms with van der Waals surface area (Å²) in [5, 5.41) is 24.1. The Morgan fingerprint density at radius 2 is 1.62 bits per heavy atom. The van der Waals surface area contributed by atoms with Gasteiger partial charge in [-0.1, -0.05) is 84.9 Å². The number of aliphatic imine (C=N–C) groups is 1. The minimum atomic E-state index is -1.75. The summed E-state index contributed by atoms with van der Waals surface area (Å²) in [7, 11) is 0. The number of likely N-dealkylation sites (tertiary alicyclic amines) is 1. The van der Waals surface area contributed by atoms with Gasteiger partial charge in [-0.2, -0.15) is 0 Å². The molecule has 1 heterocycles. The number of amides is 1. The normalized spacial score (nSPS) is 17.5. The second-order valence-corrected chi connectivity index (χ2v) is 9.14. The first kappa shape index (κ1) is 28.3. The zero-order valence-corrected chi connectivity index (χ0v) is 21.6. The Balaban J connectivity index is 0.00000380. The van der Waals surface area contributed by atoms with Gasteiger partial charge in [0.05, 0.1) is 24.3 Å². The average molecular weight is 543 g/mol. The summed E-state index contributed by atoms with van der Waals surface area (Å²) in [6.07, 6.45) is 1.66.